The van der Waals surface area contributed by atoms with E-state index in [1.165, 1.54) is 5.56 Å². The highest BCUT2D eigenvalue weighted by molar-refractivity contribution is 6.00. The summed E-state index contributed by atoms with van der Waals surface area (Å²) < 4.78 is 0. The average molecular weight is 393 g/mol. The molecule has 1 saturated heterocycles. The fraction of sp³-hybridized carbons (Fsp3) is 0.478. The number of carbonyl (C=O) groups excluding carboxylic acids is 2. The molecule has 0 unspecified atom stereocenters. The van der Waals surface area contributed by atoms with E-state index in [0.717, 1.165) is 55.1 Å². The van der Waals surface area contributed by atoms with Gasteiger partial charge in [-0.05, 0) is 38.2 Å². The summed E-state index contributed by atoms with van der Waals surface area (Å²) in [5.74, 6) is 1.90. The summed E-state index contributed by atoms with van der Waals surface area (Å²) in [6.07, 6.45) is 4.16. The number of aryl methyl sites for hydroxylation is 2. The Hall–Kier alpha value is -2.76. The van der Waals surface area contributed by atoms with Gasteiger partial charge in [-0.2, -0.15) is 0 Å². The maximum atomic E-state index is 12.7. The number of hydrogen-bond acceptors (Lipinski definition) is 4. The zero-order valence-electron chi connectivity index (χ0n) is 17.2. The molecule has 0 saturated carbocycles. The molecule has 0 spiro atoms. The molecule has 0 N–H and O–H groups in total. The van der Waals surface area contributed by atoms with E-state index in [1.807, 2.05) is 34.9 Å². The Morgan fingerprint density at radius 3 is 2.76 bits per heavy atom. The average Bonchev–Trinajstić information content (AvgIpc) is 3.05. The van der Waals surface area contributed by atoms with Crippen molar-refractivity contribution in [2.75, 3.05) is 24.5 Å². The Balaban J connectivity index is 1.51. The molecule has 29 heavy (non-hydrogen) atoms. The van der Waals surface area contributed by atoms with Gasteiger partial charge in [-0.15, -0.1) is 0 Å². The molecular formula is C23H28N4O2. The highest BCUT2D eigenvalue weighted by atomic mass is 16.2. The summed E-state index contributed by atoms with van der Waals surface area (Å²) in [6, 6.07) is 10.3. The Morgan fingerprint density at radius 1 is 1.21 bits per heavy atom. The minimum absolute atomic E-state index is 0.102. The normalized spacial score (nSPS) is 18.8. The number of aromatic nitrogens is 2. The van der Waals surface area contributed by atoms with Crippen molar-refractivity contribution in [1.29, 1.82) is 0 Å². The third-order valence-electron chi connectivity index (χ3n) is 6.02. The zero-order chi connectivity index (χ0) is 20.4. The van der Waals surface area contributed by atoms with Crippen LogP contribution in [0, 0.1) is 6.92 Å². The Kier molecular flexibility index (Phi) is 5.60. The van der Waals surface area contributed by atoms with Gasteiger partial charge in [0, 0.05) is 43.7 Å². The molecule has 0 aliphatic carbocycles. The van der Waals surface area contributed by atoms with Crippen LogP contribution in [0.3, 0.4) is 0 Å². The summed E-state index contributed by atoms with van der Waals surface area (Å²) in [5, 5.41) is 0. The van der Waals surface area contributed by atoms with Crippen LogP contribution in [0.25, 0.3) is 0 Å². The molecule has 152 valence electrons. The van der Waals surface area contributed by atoms with Crippen molar-refractivity contribution >= 4 is 17.6 Å². The van der Waals surface area contributed by atoms with Crippen molar-refractivity contribution in [1.82, 2.24) is 14.9 Å². The second-order valence-electron chi connectivity index (χ2n) is 8.08. The number of amides is 2. The number of nitrogens with zero attached hydrogens (tertiary/aromatic N) is 4. The van der Waals surface area contributed by atoms with Crippen LogP contribution in [0.2, 0.25) is 0 Å². The molecule has 2 aliphatic rings. The van der Waals surface area contributed by atoms with Crippen LogP contribution in [0.1, 0.15) is 54.7 Å². The molecular weight excluding hydrogens is 364 g/mol. The Bertz CT molecular complexity index is 913. The molecule has 4 rings (SSSR count). The van der Waals surface area contributed by atoms with Gasteiger partial charge in [-0.3, -0.25) is 14.5 Å². The van der Waals surface area contributed by atoms with Crippen LogP contribution in [-0.4, -0.2) is 46.3 Å². The Labute approximate surface area is 172 Å². The van der Waals surface area contributed by atoms with Gasteiger partial charge in [0.15, 0.2) is 0 Å². The van der Waals surface area contributed by atoms with Gasteiger partial charge >= 0.3 is 0 Å². The van der Waals surface area contributed by atoms with E-state index in [-0.39, 0.29) is 17.7 Å². The quantitative estimate of drug-likeness (QED) is 0.784. The molecule has 1 aromatic heterocycles. The van der Waals surface area contributed by atoms with Gasteiger partial charge in [-0.1, -0.05) is 30.3 Å². The predicted molar refractivity (Wildman–Crippen MR) is 112 cm³/mol. The van der Waals surface area contributed by atoms with E-state index in [4.69, 9.17) is 9.97 Å². The standard InChI is InChI=1S/C23H28N4O2/c1-16-20-14-21(29)27(13-6-10-18-8-4-3-5-9-18)23(20)25-22(24-16)19-11-7-12-26(15-19)17(2)28/h3-5,8-9,19H,6-7,10-15H2,1-2H3/t19-/m0/s1. The van der Waals surface area contributed by atoms with E-state index in [2.05, 4.69) is 12.1 Å². The zero-order valence-corrected chi connectivity index (χ0v) is 17.2. The molecule has 1 aromatic carbocycles. The van der Waals surface area contributed by atoms with Gasteiger partial charge in [0.1, 0.15) is 11.6 Å². The van der Waals surface area contributed by atoms with Crippen LogP contribution < -0.4 is 4.90 Å². The predicted octanol–water partition coefficient (Wildman–Crippen LogP) is 3.03. The number of anilines is 1. The number of rotatable bonds is 5. The van der Waals surface area contributed by atoms with E-state index >= 15 is 0 Å². The molecule has 1 atom stereocenters. The van der Waals surface area contributed by atoms with Crippen LogP contribution in [-0.2, 0) is 22.4 Å². The van der Waals surface area contributed by atoms with Crippen molar-refractivity contribution < 1.29 is 9.59 Å². The molecule has 0 radical (unpaired) electrons. The van der Waals surface area contributed by atoms with Crippen molar-refractivity contribution in [2.45, 2.75) is 51.9 Å². The van der Waals surface area contributed by atoms with Gasteiger partial charge in [0.25, 0.3) is 0 Å². The lowest BCUT2D eigenvalue weighted by atomic mass is 9.96. The molecule has 2 aliphatic heterocycles. The number of fused-ring (bicyclic) bond motifs is 1. The number of piperidine rings is 1. The molecule has 3 heterocycles. The fourth-order valence-electron chi connectivity index (χ4n) is 4.37. The molecule has 6 nitrogen and oxygen atoms in total. The lowest BCUT2D eigenvalue weighted by Crippen LogP contribution is -2.38. The smallest absolute Gasteiger partial charge is 0.232 e. The minimum Gasteiger partial charge on any atom is -0.342 e. The third kappa shape index (κ3) is 4.16. The number of likely N-dealkylation sites (tertiary alicyclic amines) is 1. The van der Waals surface area contributed by atoms with Crippen molar-refractivity contribution in [3.63, 3.8) is 0 Å². The lowest BCUT2D eigenvalue weighted by Gasteiger charge is -2.31. The highest BCUT2D eigenvalue weighted by Crippen LogP contribution is 2.32. The molecule has 2 aromatic rings. The first-order valence-corrected chi connectivity index (χ1v) is 10.5. The van der Waals surface area contributed by atoms with Crippen molar-refractivity contribution in [3.05, 3.63) is 53.0 Å². The summed E-state index contributed by atoms with van der Waals surface area (Å²) in [5.41, 5.74) is 3.13. The van der Waals surface area contributed by atoms with E-state index in [1.54, 1.807) is 6.92 Å². The molecule has 6 heteroatoms. The maximum Gasteiger partial charge on any atom is 0.232 e. The van der Waals surface area contributed by atoms with Gasteiger partial charge in [0.05, 0.1) is 6.42 Å². The summed E-state index contributed by atoms with van der Waals surface area (Å²) in [6.45, 7) is 5.72. The monoisotopic (exact) mass is 392 g/mol. The summed E-state index contributed by atoms with van der Waals surface area (Å²) in [4.78, 5) is 37.7. The molecule has 2 amide bonds. The van der Waals surface area contributed by atoms with E-state index in [0.29, 0.717) is 19.5 Å². The highest BCUT2D eigenvalue weighted by Gasteiger charge is 2.33. The topological polar surface area (TPSA) is 66.4 Å². The number of hydrogen-bond donors (Lipinski definition) is 0. The van der Waals surface area contributed by atoms with E-state index < -0.39 is 0 Å². The maximum absolute atomic E-state index is 12.7. The van der Waals surface area contributed by atoms with Crippen LogP contribution in [0.5, 0.6) is 0 Å². The second kappa shape index (κ2) is 8.31. The molecule has 0 bridgehead atoms. The minimum atomic E-state index is 0.102. The first kappa shape index (κ1) is 19.6. The summed E-state index contributed by atoms with van der Waals surface area (Å²) in [7, 11) is 0. The largest absolute Gasteiger partial charge is 0.342 e. The first-order chi connectivity index (χ1) is 14.0. The van der Waals surface area contributed by atoms with Crippen LogP contribution >= 0.6 is 0 Å². The first-order valence-electron chi connectivity index (χ1n) is 10.5. The van der Waals surface area contributed by atoms with Gasteiger partial charge < -0.3 is 4.90 Å². The lowest BCUT2D eigenvalue weighted by molar-refractivity contribution is -0.130. The van der Waals surface area contributed by atoms with Crippen LogP contribution in [0.15, 0.2) is 30.3 Å². The molecule has 1 fully saturated rings. The van der Waals surface area contributed by atoms with Gasteiger partial charge in [0.2, 0.25) is 11.8 Å². The number of benzene rings is 1. The third-order valence-corrected chi connectivity index (χ3v) is 6.02. The van der Waals surface area contributed by atoms with Gasteiger partial charge in [-0.25, -0.2) is 9.97 Å². The Morgan fingerprint density at radius 2 is 2.00 bits per heavy atom. The SMILES string of the molecule is CC(=O)N1CCC[C@H](c2nc(C)c3c(n2)N(CCCc2ccccc2)C(=O)C3)C1. The van der Waals surface area contributed by atoms with Crippen molar-refractivity contribution in [3.8, 4) is 0 Å². The number of carbonyl (C=O) groups is 2. The fourth-order valence-corrected chi connectivity index (χ4v) is 4.37. The summed E-state index contributed by atoms with van der Waals surface area (Å²) >= 11 is 0. The van der Waals surface area contributed by atoms with Crippen molar-refractivity contribution in [2.24, 2.45) is 0 Å². The van der Waals surface area contributed by atoms with Crippen LogP contribution in [0.4, 0.5) is 5.82 Å². The van der Waals surface area contributed by atoms with E-state index in [9.17, 15) is 9.59 Å². The second-order valence-corrected chi connectivity index (χ2v) is 8.08.